The zero-order valence-electron chi connectivity index (χ0n) is 7.65. The van der Waals surface area contributed by atoms with E-state index in [0.29, 0.717) is 0 Å². The lowest BCUT2D eigenvalue weighted by Crippen LogP contribution is -2.13. The molecular formula is C8H12I2N2. The van der Waals surface area contributed by atoms with E-state index in [1.165, 1.54) is 13.0 Å². The number of hydrogen-bond donors (Lipinski definition) is 0. The van der Waals surface area contributed by atoms with Gasteiger partial charge in [0.05, 0.1) is 9.26 Å². The predicted molar refractivity (Wildman–Crippen MR) is 67.3 cm³/mol. The van der Waals surface area contributed by atoms with E-state index in [1.807, 2.05) is 11.7 Å². The van der Waals surface area contributed by atoms with Crippen molar-refractivity contribution in [1.82, 2.24) is 9.78 Å². The maximum Gasteiger partial charge on any atom is 0.112 e. The van der Waals surface area contributed by atoms with Gasteiger partial charge in [0, 0.05) is 12.5 Å². The summed E-state index contributed by atoms with van der Waals surface area (Å²) in [5.74, 6) is 0. The first-order valence-corrected chi connectivity index (χ1v) is 5.88. The van der Waals surface area contributed by atoms with E-state index >= 15 is 0 Å². The van der Waals surface area contributed by atoms with E-state index in [1.54, 1.807) is 0 Å². The molecule has 0 aliphatic heterocycles. The number of rotatable bonds is 0. The Morgan fingerprint density at radius 2 is 1.75 bits per heavy atom. The minimum atomic E-state index is 0.151. The maximum absolute atomic E-state index is 4.48. The van der Waals surface area contributed by atoms with Gasteiger partial charge in [0.15, 0.2) is 0 Å². The highest BCUT2D eigenvalue weighted by Crippen LogP contribution is 2.28. The number of aryl methyl sites for hydroxylation is 1. The fraction of sp³-hybridized carbons (Fsp3) is 0.625. The molecule has 0 amide bonds. The zero-order chi connectivity index (χ0) is 9.52. The first-order valence-electron chi connectivity index (χ1n) is 3.72. The molecule has 1 aromatic rings. The van der Waals surface area contributed by atoms with Gasteiger partial charge in [0.1, 0.15) is 3.70 Å². The van der Waals surface area contributed by atoms with Crippen molar-refractivity contribution in [2.24, 2.45) is 7.05 Å². The van der Waals surface area contributed by atoms with Crippen molar-refractivity contribution in [2.45, 2.75) is 26.2 Å². The average molecular weight is 390 g/mol. The van der Waals surface area contributed by atoms with Crippen LogP contribution in [0.4, 0.5) is 0 Å². The maximum atomic E-state index is 4.48. The van der Waals surface area contributed by atoms with Crippen LogP contribution in [0.25, 0.3) is 0 Å². The predicted octanol–water partition coefficient (Wildman–Crippen LogP) is 2.93. The van der Waals surface area contributed by atoms with Gasteiger partial charge in [-0.3, -0.25) is 4.68 Å². The summed E-state index contributed by atoms with van der Waals surface area (Å²) in [7, 11) is 1.99. The van der Waals surface area contributed by atoms with Crippen LogP contribution in [-0.2, 0) is 12.5 Å². The molecule has 0 radical (unpaired) electrons. The first-order chi connectivity index (χ1) is 5.34. The Labute approximate surface area is 100 Å². The highest BCUT2D eigenvalue weighted by molar-refractivity contribution is 14.1. The lowest BCUT2D eigenvalue weighted by Gasteiger charge is -2.15. The Kier molecular flexibility index (Phi) is 3.08. The van der Waals surface area contributed by atoms with E-state index < -0.39 is 0 Å². The highest BCUT2D eigenvalue weighted by atomic mass is 127. The number of hydrogen-bond acceptors (Lipinski definition) is 1. The Bertz CT molecular complexity index is 297. The molecule has 0 bridgehead atoms. The lowest BCUT2D eigenvalue weighted by molar-refractivity contribution is 0.550. The summed E-state index contributed by atoms with van der Waals surface area (Å²) in [6.45, 7) is 6.56. The lowest BCUT2D eigenvalue weighted by atomic mass is 9.93. The second-order valence-corrected chi connectivity index (χ2v) is 5.93. The van der Waals surface area contributed by atoms with Gasteiger partial charge in [0.2, 0.25) is 0 Å². The Hall–Kier alpha value is 0.670. The van der Waals surface area contributed by atoms with Crippen molar-refractivity contribution in [3.05, 3.63) is 13.0 Å². The third kappa shape index (κ3) is 1.94. The van der Waals surface area contributed by atoms with Crippen LogP contribution in [0.15, 0.2) is 0 Å². The van der Waals surface area contributed by atoms with Crippen LogP contribution in [-0.4, -0.2) is 9.78 Å². The van der Waals surface area contributed by atoms with Crippen LogP contribution in [0.2, 0.25) is 0 Å². The number of nitrogens with zero attached hydrogens (tertiary/aromatic N) is 2. The molecule has 0 spiro atoms. The van der Waals surface area contributed by atoms with Crippen molar-refractivity contribution in [3.63, 3.8) is 0 Å². The van der Waals surface area contributed by atoms with Crippen LogP contribution in [0.1, 0.15) is 26.5 Å². The van der Waals surface area contributed by atoms with Crippen LogP contribution in [0, 0.1) is 7.27 Å². The Morgan fingerprint density at radius 1 is 1.25 bits per heavy atom. The van der Waals surface area contributed by atoms with Crippen molar-refractivity contribution in [1.29, 1.82) is 0 Å². The minimum absolute atomic E-state index is 0.151. The van der Waals surface area contributed by atoms with Crippen molar-refractivity contribution < 1.29 is 0 Å². The molecule has 1 aromatic heterocycles. The molecule has 0 fully saturated rings. The van der Waals surface area contributed by atoms with Gasteiger partial charge in [-0.15, -0.1) is 0 Å². The molecule has 0 saturated carbocycles. The average Bonchev–Trinajstić information content (AvgIpc) is 2.15. The summed E-state index contributed by atoms with van der Waals surface area (Å²) < 4.78 is 4.43. The molecule has 0 N–H and O–H groups in total. The zero-order valence-corrected chi connectivity index (χ0v) is 12.0. The van der Waals surface area contributed by atoms with Crippen LogP contribution < -0.4 is 0 Å². The van der Waals surface area contributed by atoms with E-state index in [2.05, 4.69) is 71.1 Å². The van der Waals surface area contributed by atoms with E-state index in [4.69, 9.17) is 0 Å². The quantitative estimate of drug-likeness (QED) is 0.624. The van der Waals surface area contributed by atoms with Crippen LogP contribution in [0.3, 0.4) is 0 Å². The Balaban J connectivity index is 3.28. The number of aromatic nitrogens is 2. The van der Waals surface area contributed by atoms with E-state index in [9.17, 15) is 0 Å². The summed E-state index contributed by atoms with van der Waals surface area (Å²) in [6.07, 6.45) is 0. The van der Waals surface area contributed by atoms with Gasteiger partial charge in [-0.05, 0) is 45.2 Å². The normalized spacial score (nSPS) is 12.2. The second kappa shape index (κ2) is 3.43. The summed E-state index contributed by atoms with van der Waals surface area (Å²) in [5, 5.41) is 4.48. The number of halogens is 2. The van der Waals surface area contributed by atoms with Gasteiger partial charge in [-0.1, -0.05) is 20.8 Å². The molecule has 0 unspecified atom stereocenters. The fourth-order valence-electron chi connectivity index (χ4n) is 0.957. The summed E-state index contributed by atoms with van der Waals surface area (Å²) in [5.41, 5.74) is 1.34. The summed E-state index contributed by atoms with van der Waals surface area (Å²) in [4.78, 5) is 0. The van der Waals surface area contributed by atoms with Gasteiger partial charge in [-0.2, -0.15) is 5.10 Å². The van der Waals surface area contributed by atoms with Crippen molar-refractivity contribution >= 4 is 45.2 Å². The molecular weight excluding hydrogens is 378 g/mol. The van der Waals surface area contributed by atoms with Gasteiger partial charge >= 0.3 is 0 Å². The molecule has 4 heteroatoms. The van der Waals surface area contributed by atoms with Crippen molar-refractivity contribution in [3.8, 4) is 0 Å². The minimum Gasteiger partial charge on any atom is -0.261 e. The largest absolute Gasteiger partial charge is 0.261 e. The van der Waals surface area contributed by atoms with Crippen molar-refractivity contribution in [2.75, 3.05) is 0 Å². The molecule has 2 nitrogen and oxygen atoms in total. The Morgan fingerprint density at radius 3 is 1.92 bits per heavy atom. The van der Waals surface area contributed by atoms with E-state index in [0.717, 1.165) is 0 Å². The topological polar surface area (TPSA) is 17.8 Å². The first kappa shape index (κ1) is 10.7. The molecule has 0 aromatic carbocycles. The molecule has 0 saturated heterocycles. The molecule has 0 atom stereocenters. The van der Waals surface area contributed by atoms with Gasteiger partial charge < -0.3 is 0 Å². The smallest absolute Gasteiger partial charge is 0.112 e. The van der Waals surface area contributed by atoms with Crippen LogP contribution in [0.5, 0.6) is 0 Å². The molecule has 12 heavy (non-hydrogen) atoms. The fourth-order valence-corrected chi connectivity index (χ4v) is 2.59. The summed E-state index contributed by atoms with van der Waals surface area (Å²) in [6, 6.07) is 0. The third-order valence-electron chi connectivity index (χ3n) is 1.63. The monoisotopic (exact) mass is 390 g/mol. The summed E-state index contributed by atoms with van der Waals surface area (Å²) >= 11 is 4.68. The highest BCUT2D eigenvalue weighted by Gasteiger charge is 2.23. The molecule has 1 heterocycles. The van der Waals surface area contributed by atoms with Gasteiger partial charge in [-0.25, -0.2) is 0 Å². The molecule has 0 aliphatic carbocycles. The molecule has 0 aliphatic rings. The molecule has 68 valence electrons. The van der Waals surface area contributed by atoms with Crippen LogP contribution >= 0.6 is 45.2 Å². The third-order valence-corrected chi connectivity index (χ3v) is 4.92. The SMILES string of the molecule is Cn1nc(C(C)(C)C)c(I)c1I. The van der Waals surface area contributed by atoms with Gasteiger partial charge in [0.25, 0.3) is 0 Å². The second-order valence-electron chi connectivity index (χ2n) is 3.83. The standard InChI is InChI=1S/C8H12I2N2/c1-8(2,3)6-5(9)7(10)12(4)11-6/h1-4H3. The molecule has 1 rings (SSSR count). The van der Waals surface area contributed by atoms with E-state index in [-0.39, 0.29) is 5.41 Å².